The fraction of sp³-hybridized carbons (Fsp3) is 0.917. The molecule has 1 aliphatic heterocycles. The lowest BCUT2D eigenvalue weighted by Crippen LogP contribution is -2.44. The first-order chi connectivity index (χ1) is 8.13. The predicted molar refractivity (Wildman–Crippen MR) is 63.7 cm³/mol. The molecule has 0 bridgehead atoms. The molecular formula is C12H22N2O3. The van der Waals surface area contributed by atoms with E-state index in [1.807, 2.05) is 16.8 Å². The smallest absolute Gasteiger partial charge is 0.240 e. The van der Waals surface area contributed by atoms with E-state index in [9.17, 15) is 9.90 Å². The van der Waals surface area contributed by atoms with Crippen LogP contribution in [-0.2, 0) is 9.53 Å². The van der Waals surface area contributed by atoms with Crippen LogP contribution in [0.15, 0.2) is 0 Å². The van der Waals surface area contributed by atoms with E-state index in [1.54, 1.807) is 7.11 Å². The molecule has 1 amide bonds. The van der Waals surface area contributed by atoms with Gasteiger partial charge in [0.1, 0.15) is 0 Å². The molecule has 0 aromatic rings. The van der Waals surface area contributed by atoms with Crippen molar-refractivity contribution in [1.82, 2.24) is 9.80 Å². The van der Waals surface area contributed by atoms with E-state index in [-0.39, 0.29) is 11.9 Å². The van der Waals surface area contributed by atoms with Crippen LogP contribution in [0.1, 0.15) is 19.3 Å². The SMILES string of the molecule is COCC(O)CN(C)C1CCN(C2CC2)C1=O. The van der Waals surface area contributed by atoms with Gasteiger partial charge in [0.2, 0.25) is 5.91 Å². The number of amides is 1. The van der Waals surface area contributed by atoms with Gasteiger partial charge in [-0.1, -0.05) is 0 Å². The zero-order valence-corrected chi connectivity index (χ0v) is 10.6. The van der Waals surface area contributed by atoms with Crippen LogP contribution in [0.4, 0.5) is 0 Å². The van der Waals surface area contributed by atoms with Gasteiger partial charge in [-0.3, -0.25) is 9.69 Å². The third kappa shape index (κ3) is 2.97. The zero-order chi connectivity index (χ0) is 12.4. The van der Waals surface area contributed by atoms with Crippen LogP contribution < -0.4 is 0 Å². The number of nitrogens with zero attached hydrogens (tertiary/aromatic N) is 2. The molecule has 1 heterocycles. The molecule has 1 saturated heterocycles. The van der Waals surface area contributed by atoms with Gasteiger partial charge in [-0.15, -0.1) is 0 Å². The molecular weight excluding hydrogens is 220 g/mol. The lowest BCUT2D eigenvalue weighted by atomic mass is 10.2. The van der Waals surface area contributed by atoms with Crippen molar-refractivity contribution >= 4 is 5.91 Å². The number of aliphatic hydroxyl groups is 1. The van der Waals surface area contributed by atoms with Crippen LogP contribution in [0.5, 0.6) is 0 Å². The van der Waals surface area contributed by atoms with Gasteiger partial charge in [0, 0.05) is 26.2 Å². The van der Waals surface area contributed by atoms with Gasteiger partial charge in [-0.2, -0.15) is 0 Å². The Morgan fingerprint density at radius 2 is 2.24 bits per heavy atom. The van der Waals surface area contributed by atoms with Gasteiger partial charge in [-0.05, 0) is 26.3 Å². The molecule has 0 spiro atoms. The normalized spacial score (nSPS) is 26.9. The first-order valence-electron chi connectivity index (χ1n) is 6.31. The number of rotatable bonds is 6. The van der Waals surface area contributed by atoms with Crippen molar-refractivity contribution in [2.45, 2.75) is 37.5 Å². The minimum Gasteiger partial charge on any atom is -0.389 e. The van der Waals surface area contributed by atoms with Gasteiger partial charge in [0.05, 0.1) is 18.8 Å². The second-order valence-corrected chi connectivity index (χ2v) is 5.12. The van der Waals surface area contributed by atoms with E-state index in [0.29, 0.717) is 19.2 Å². The lowest BCUT2D eigenvalue weighted by Gasteiger charge is -2.25. The average Bonchev–Trinajstić information content (AvgIpc) is 3.02. The molecule has 2 aliphatic rings. The number of hydrogen-bond acceptors (Lipinski definition) is 4. The number of carbonyl (C=O) groups excluding carboxylic acids is 1. The fourth-order valence-corrected chi connectivity index (χ4v) is 2.55. The molecule has 0 aromatic heterocycles. The maximum atomic E-state index is 12.1. The minimum atomic E-state index is -0.521. The fourth-order valence-electron chi connectivity index (χ4n) is 2.55. The summed E-state index contributed by atoms with van der Waals surface area (Å²) in [5.41, 5.74) is 0. The summed E-state index contributed by atoms with van der Waals surface area (Å²) < 4.78 is 4.89. The molecule has 0 aromatic carbocycles. The summed E-state index contributed by atoms with van der Waals surface area (Å²) in [6.07, 6.45) is 2.68. The summed E-state index contributed by atoms with van der Waals surface area (Å²) in [5.74, 6) is 0.236. The quantitative estimate of drug-likeness (QED) is 0.694. The summed E-state index contributed by atoms with van der Waals surface area (Å²) in [6.45, 7) is 1.68. The van der Waals surface area contributed by atoms with Crippen molar-refractivity contribution in [1.29, 1.82) is 0 Å². The first kappa shape index (κ1) is 12.8. The molecule has 1 aliphatic carbocycles. The van der Waals surface area contributed by atoms with Crippen molar-refractivity contribution in [3.8, 4) is 0 Å². The highest BCUT2D eigenvalue weighted by Gasteiger charge is 2.41. The highest BCUT2D eigenvalue weighted by molar-refractivity contribution is 5.84. The number of hydrogen-bond donors (Lipinski definition) is 1. The molecule has 2 unspecified atom stereocenters. The molecule has 17 heavy (non-hydrogen) atoms. The summed E-state index contributed by atoms with van der Waals surface area (Å²) in [6, 6.07) is 0.451. The molecule has 1 saturated carbocycles. The number of ether oxygens (including phenoxy) is 1. The molecule has 2 atom stereocenters. The number of methoxy groups -OCH3 is 1. The molecule has 5 heteroatoms. The van der Waals surface area contributed by atoms with Gasteiger partial charge >= 0.3 is 0 Å². The van der Waals surface area contributed by atoms with E-state index in [2.05, 4.69) is 0 Å². The Hall–Kier alpha value is -0.650. The van der Waals surface area contributed by atoms with Crippen LogP contribution in [0, 0.1) is 0 Å². The number of carbonyl (C=O) groups is 1. The Kier molecular flexibility index (Phi) is 4.01. The molecule has 98 valence electrons. The van der Waals surface area contributed by atoms with E-state index in [0.717, 1.165) is 25.8 Å². The summed E-state index contributed by atoms with van der Waals surface area (Å²) >= 11 is 0. The van der Waals surface area contributed by atoms with E-state index in [1.165, 1.54) is 0 Å². The van der Waals surface area contributed by atoms with Crippen LogP contribution in [0.3, 0.4) is 0 Å². The third-order valence-electron chi connectivity index (χ3n) is 3.59. The van der Waals surface area contributed by atoms with Crippen molar-refractivity contribution in [3.05, 3.63) is 0 Å². The molecule has 2 fully saturated rings. The summed E-state index contributed by atoms with van der Waals surface area (Å²) in [4.78, 5) is 16.1. The van der Waals surface area contributed by atoms with Crippen LogP contribution in [0.2, 0.25) is 0 Å². The Labute approximate surface area is 102 Å². The number of aliphatic hydroxyl groups excluding tert-OH is 1. The standard InChI is InChI=1S/C12H22N2O3/c1-13(7-10(15)8-17-2)11-5-6-14(12(11)16)9-3-4-9/h9-11,15H,3-8H2,1-2H3. The van der Waals surface area contributed by atoms with Crippen LogP contribution >= 0.6 is 0 Å². The number of likely N-dealkylation sites (tertiary alicyclic amines) is 1. The average molecular weight is 242 g/mol. The van der Waals surface area contributed by atoms with Crippen LogP contribution in [0.25, 0.3) is 0 Å². The largest absolute Gasteiger partial charge is 0.389 e. The van der Waals surface area contributed by atoms with E-state index < -0.39 is 6.10 Å². The van der Waals surface area contributed by atoms with Crippen molar-refractivity contribution < 1.29 is 14.6 Å². The van der Waals surface area contributed by atoms with Gasteiger partial charge in [0.15, 0.2) is 0 Å². The lowest BCUT2D eigenvalue weighted by molar-refractivity contribution is -0.132. The monoisotopic (exact) mass is 242 g/mol. The third-order valence-corrected chi connectivity index (χ3v) is 3.59. The Morgan fingerprint density at radius 3 is 2.82 bits per heavy atom. The Morgan fingerprint density at radius 1 is 1.53 bits per heavy atom. The van der Waals surface area contributed by atoms with E-state index >= 15 is 0 Å². The van der Waals surface area contributed by atoms with Gasteiger partial charge < -0.3 is 14.7 Å². The second-order valence-electron chi connectivity index (χ2n) is 5.12. The highest BCUT2D eigenvalue weighted by Crippen LogP contribution is 2.31. The van der Waals surface area contributed by atoms with Crippen molar-refractivity contribution in [2.24, 2.45) is 0 Å². The van der Waals surface area contributed by atoms with E-state index in [4.69, 9.17) is 4.74 Å². The molecule has 2 rings (SSSR count). The summed E-state index contributed by atoms with van der Waals surface area (Å²) in [5, 5.41) is 9.66. The number of likely N-dealkylation sites (N-methyl/N-ethyl adjacent to an activating group) is 1. The predicted octanol–water partition coefficient (Wildman–Crippen LogP) is -0.311. The minimum absolute atomic E-state index is 0.0536. The van der Waals surface area contributed by atoms with Crippen molar-refractivity contribution in [2.75, 3.05) is 33.9 Å². The zero-order valence-electron chi connectivity index (χ0n) is 10.6. The van der Waals surface area contributed by atoms with Gasteiger partial charge in [0.25, 0.3) is 0 Å². The molecule has 0 radical (unpaired) electrons. The van der Waals surface area contributed by atoms with Crippen molar-refractivity contribution in [3.63, 3.8) is 0 Å². The first-order valence-corrected chi connectivity index (χ1v) is 6.31. The topological polar surface area (TPSA) is 53.0 Å². The summed E-state index contributed by atoms with van der Waals surface area (Å²) in [7, 11) is 3.47. The highest BCUT2D eigenvalue weighted by atomic mass is 16.5. The van der Waals surface area contributed by atoms with Gasteiger partial charge in [-0.25, -0.2) is 0 Å². The molecule has 5 nitrogen and oxygen atoms in total. The molecule has 1 N–H and O–H groups in total. The van der Waals surface area contributed by atoms with Crippen LogP contribution in [-0.4, -0.2) is 72.9 Å². The second kappa shape index (κ2) is 5.33. The maximum absolute atomic E-state index is 12.1. The Bertz CT molecular complexity index is 281. The maximum Gasteiger partial charge on any atom is 0.240 e. The Balaban J connectivity index is 1.83.